The van der Waals surface area contributed by atoms with E-state index in [0.717, 1.165) is 17.1 Å². The van der Waals surface area contributed by atoms with Gasteiger partial charge < -0.3 is 5.32 Å². The molecule has 1 aromatic rings. The summed E-state index contributed by atoms with van der Waals surface area (Å²) in [5, 5.41) is 4.89. The van der Waals surface area contributed by atoms with Crippen molar-refractivity contribution in [1.29, 1.82) is 0 Å². The largest absolute Gasteiger partial charge is 0.310 e. The van der Waals surface area contributed by atoms with Gasteiger partial charge in [-0.15, -0.1) is 0 Å². The van der Waals surface area contributed by atoms with Crippen LogP contribution in [0, 0.1) is 0 Å². The number of hydrogen-bond donors (Lipinski definition) is 1. The Morgan fingerprint density at radius 1 is 1.05 bits per heavy atom. The number of piperidine rings is 1. The Kier molecular flexibility index (Phi) is 3.95. The first-order chi connectivity index (χ1) is 10.3. The van der Waals surface area contributed by atoms with E-state index in [1.165, 1.54) is 57.2 Å². The quantitative estimate of drug-likeness (QED) is 0.913. The van der Waals surface area contributed by atoms with E-state index in [9.17, 15) is 0 Å². The molecular weight excluding hydrogens is 280 g/mol. The number of rotatable bonds is 3. The summed E-state index contributed by atoms with van der Waals surface area (Å²) in [7, 11) is 0. The van der Waals surface area contributed by atoms with Crippen molar-refractivity contribution in [3.63, 3.8) is 0 Å². The molecule has 0 aromatic heterocycles. The Hall–Kier alpha value is -0.570. The first-order valence-electron chi connectivity index (χ1n) is 8.56. The normalized spacial score (nSPS) is 36.2. The number of hydrogen-bond acceptors (Lipinski definition) is 2. The molecule has 21 heavy (non-hydrogen) atoms. The Labute approximate surface area is 132 Å². The van der Waals surface area contributed by atoms with E-state index in [-0.39, 0.29) is 0 Å². The van der Waals surface area contributed by atoms with Crippen LogP contribution in [0.5, 0.6) is 0 Å². The highest BCUT2D eigenvalue weighted by molar-refractivity contribution is 6.31. The van der Waals surface area contributed by atoms with Gasteiger partial charge >= 0.3 is 0 Å². The summed E-state index contributed by atoms with van der Waals surface area (Å²) >= 11 is 6.31. The van der Waals surface area contributed by atoms with E-state index in [0.29, 0.717) is 12.0 Å². The fourth-order valence-electron chi connectivity index (χ4n) is 4.56. The molecule has 4 rings (SSSR count). The van der Waals surface area contributed by atoms with E-state index in [4.69, 9.17) is 11.6 Å². The molecule has 3 fully saturated rings. The Balaban J connectivity index is 1.32. The number of nitrogens with one attached hydrogen (secondary N) is 1. The Bertz CT molecular complexity index is 498. The molecule has 2 unspecified atom stereocenters. The van der Waals surface area contributed by atoms with Crippen molar-refractivity contribution in [3.8, 4) is 0 Å². The number of benzene rings is 1. The molecule has 2 saturated heterocycles. The molecule has 2 aliphatic heterocycles. The van der Waals surface area contributed by atoms with Crippen LogP contribution in [0.15, 0.2) is 24.3 Å². The maximum atomic E-state index is 6.31. The van der Waals surface area contributed by atoms with Crippen LogP contribution in [-0.2, 0) is 0 Å². The maximum Gasteiger partial charge on any atom is 0.0440 e. The number of fused-ring (bicyclic) bond motifs is 1. The van der Waals surface area contributed by atoms with E-state index >= 15 is 0 Å². The van der Waals surface area contributed by atoms with Crippen molar-refractivity contribution < 1.29 is 0 Å². The van der Waals surface area contributed by atoms with E-state index in [2.05, 4.69) is 22.3 Å². The lowest BCUT2D eigenvalue weighted by molar-refractivity contribution is 0.164. The molecular formula is C18H25ClN2. The van der Waals surface area contributed by atoms with Gasteiger partial charge in [0.2, 0.25) is 0 Å². The van der Waals surface area contributed by atoms with Gasteiger partial charge in [-0.2, -0.15) is 0 Å². The van der Waals surface area contributed by atoms with Crippen molar-refractivity contribution in [2.45, 2.75) is 62.6 Å². The first-order valence-corrected chi connectivity index (χ1v) is 8.93. The molecule has 3 aliphatic rings. The van der Waals surface area contributed by atoms with Gasteiger partial charge in [0.1, 0.15) is 0 Å². The van der Waals surface area contributed by atoms with Gasteiger partial charge in [-0.3, -0.25) is 4.90 Å². The Morgan fingerprint density at radius 3 is 2.76 bits per heavy atom. The van der Waals surface area contributed by atoms with Crippen LogP contribution >= 0.6 is 11.6 Å². The minimum Gasteiger partial charge on any atom is -0.310 e. The zero-order valence-corrected chi connectivity index (χ0v) is 13.4. The second-order valence-electron chi connectivity index (χ2n) is 7.05. The van der Waals surface area contributed by atoms with E-state index < -0.39 is 0 Å². The third kappa shape index (κ3) is 2.74. The van der Waals surface area contributed by atoms with Gasteiger partial charge in [0, 0.05) is 29.7 Å². The van der Waals surface area contributed by atoms with Crippen molar-refractivity contribution in [1.82, 2.24) is 10.2 Å². The lowest BCUT2D eigenvalue weighted by atomic mass is 9.75. The molecule has 2 atom stereocenters. The molecule has 2 heterocycles. The molecule has 1 saturated carbocycles. The molecule has 114 valence electrons. The summed E-state index contributed by atoms with van der Waals surface area (Å²) < 4.78 is 0. The molecule has 0 amide bonds. The van der Waals surface area contributed by atoms with Crippen molar-refractivity contribution >= 4 is 11.6 Å². The number of nitrogens with zero attached hydrogens (tertiary/aromatic N) is 1. The lowest BCUT2D eigenvalue weighted by Gasteiger charge is -2.41. The summed E-state index contributed by atoms with van der Waals surface area (Å²) in [5.41, 5.74) is 1.35. The van der Waals surface area contributed by atoms with E-state index in [1.54, 1.807) is 0 Å². The van der Waals surface area contributed by atoms with Crippen LogP contribution in [0.2, 0.25) is 5.02 Å². The van der Waals surface area contributed by atoms with Crippen molar-refractivity contribution in [3.05, 3.63) is 34.9 Å². The Morgan fingerprint density at radius 2 is 1.90 bits per heavy atom. The molecule has 1 N–H and O–H groups in total. The number of halogens is 1. The van der Waals surface area contributed by atoms with Crippen LogP contribution in [0.25, 0.3) is 0 Å². The van der Waals surface area contributed by atoms with Crippen LogP contribution in [0.4, 0.5) is 0 Å². The monoisotopic (exact) mass is 304 g/mol. The van der Waals surface area contributed by atoms with Crippen molar-refractivity contribution in [2.75, 3.05) is 13.1 Å². The SMILES string of the molecule is Clc1ccccc1C1CC(NC2CCN3CCCCC23)C1. The van der Waals surface area contributed by atoms with E-state index in [1.807, 2.05) is 12.1 Å². The summed E-state index contributed by atoms with van der Waals surface area (Å²) in [6.07, 6.45) is 8.09. The maximum absolute atomic E-state index is 6.31. The zero-order valence-electron chi connectivity index (χ0n) is 12.6. The van der Waals surface area contributed by atoms with Gasteiger partial charge in [-0.25, -0.2) is 0 Å². The first kappa shape index (κ1) is 14.0. The topological polar surface area (TPSA) is 15.3 Å². The predicted molar refractivity (Wildman–Crippen MR) is 88.0 cm³/mol. The zero-order chi connectivity index (χ0) is 14.2. The third-order valence-electron chi connectivity index (χ3n) is 5.79. The predicted octanol–water partition coefficient (Wildman–Crippen LogP) is 3.80. The van der Waals surface area contributed by atoms with Crippen LogP contribution < -0.4 is 5.32 Å². The molecule has 2 nitrogen and oxygen atoms in total. The molecule has 0 bridgehead atoms. The summed E-state index contributed by atoms with van der Waals surface area (Å²) in [4.78, 5) is 2.71. The highest BCUT2D eigenvalue weighted by Gasteiger charge is 2.39. The summed E-state index contributed by atoms with van der Waals surface area (Å²) in [6, 6.07) is 10.6. The van der Waals surface area contributed by atoms with Crippen molar-refractivity contribution in [2.24, 2.45) is 0 Å². The van der Waals surface area contributed by atoms with Crippen LogP contribution in [-0.4, -0.2) is 36.1 Å². The molecule has 0 spiro atoms. The average Bonchev–Trinajstić information content (AvgIpc) is 2.87. The fourth-order valence-corrected chi connectivity index (χ4v) is 4.85. The lowest BCUT2D eigenvalue weighted by Crippen LogP contribution is -2.51. The van der Waals surface area contributed by atoms with Gasteiger partial charge in [0.15, 0.2) is 0 Å². The highest BCUT2D eigenvalue weighted by atomic mass is 35.5. The summed E-state index contributed by atoms with van der Waals surface area (Å²) in [6.45, 7) is 2.64. The van der Waals surface area contributed by atoms with Crippen LogP contribution in [0.3, 0.4) is 0 Å². The van der Waals surface area contributed by atoms with Crippen LogP contribution in [0.1, 0.15) is 50.0 Å². The molecule has 1 aliphatic carbocycles. The summed E-state index contributed by atoms with van der Waals surface area (Å²) in [5.74, 6) is 0.667. The minimum atomic E-state index is 0.667. The molecule has 0 radical (unpaired) electrons. The second kappa shape index (κ2) is 5.91. The standard InChI is InChI=1S/C18H25ClN2/c19-16-6-2-1-5-15(16)13-11-14(12-13)20-17-8-10-21-9-4-3-7-18(17)21/h1-2,5-6,13-14,17-18,20H,3-4,7-12H2. The van der Waals surface area contributed by atoms with Gasteiger partial charge in [-0.05, 0) is 56.2 Å². The molecule has 3 heteroatoms. The average molecular weight is 305 g/mol. The second-order valence-corrected chi connectivity index (χ2v) is 7.45. The van der Waals surface area contributed by atoms with Gasteiger partial charge in [-0.1, -0.05) is 36.2 Å². The van der Waals surface area contributed by atoms with Gasteiger partial charge in [0.25, 0.3) is 0 Å². The molecule has 1 aromatic carbocycles. The highest BCUT2D eigenvalue weighted by Crippen LogP contribution is 2.41. The third-order valence-corrected chi connectivity index (χ3v) is 6.13. The minimum absolute atomic E-state index is 0.667. The smallest absolute Gasteiger partial charge is 0.0440 e. The fraction of sp³-hybridized carbons (Fsp3) is 0.667. The van der Waals surface area contributed by atoms with Gasteiger partial charge in [0.05, 0.1) is 0 Å².